The van der Waals surface area contributed by atoms with Crippen LogP contribution in [0, 0.1) is 22.0 Å². The number of benzene rings is 1. The zero-order chi connectivity index (χ0) is 19.5. The summed E-state index contributed by atoms with van der Waals surface area (Å²) >= 11 is 11.4. The van der Waals surface area contributed by atoms with Crippen LogP contribution >= 0.6 is 23.2 Å². The molecule has 1 fully saturated rings. The van der Waals surface area contributed by atoms with Crippen LogP contribution in [-0.4, -0.2) is 28.4 Å². The first-order chi connectivity index (χ1) is 12.2. The number of ether oxygens (including phenoxy) is 1. The summed E-state index contributed by atoms with van der Waals surface area (Å²) in [5, 5.41) is 22.0. The highest BCUT2D eigenvalue weighted by molar-refractivity contribution is 6.55. The van der Waals surface area contributed by atoms with Gasteiger partial charge < -0.3 is 9.84 Å². The summed E-state index contributed by atoms with van der Waals surface area (Å²) in [5.41, 5.74) is -1.68. The number of non-ortho nitro benzene ring substituents is 1. The first-order valence-electron chi connectivity index (χ1n) is 7.87. The lowest BCUT2D eigenvalue weighted by atomic mass is 9.68. The number of carbonyl (C=O) groups is 2. The average Bonchev–Trinajstić information content (AvgIpc) is 2.54. The second-order valence-electron chi connectivity index (χ2n) is 6.04. The number of Topliss-reactive ketones (excluding diaryl/α,β-unsaturated/α-hetero) is 1. The van der Waals surface area contributed by atoms with Crippen molar-refractivity contribution in [1.82, 2.24) is 0 Å². The highest BCUT2D eigenvalue weighted by atomic mass is 35.5. The Hall–Kier alpha value is -1.96. The summed E-state index contributed by atoms with van der Waals surface area (Å²) in [7, 11) is 0. The lowest BCUT2D eigenvalue weighted by molar-refractivity contribution is -0.385. The number of hydrogen-bond donors (Lipinski definition) is 1. The minimum Gasteiger partial charge on any atom is -0.465 e. The van der Waals surface area contributed by atoms with Gasteiger partial charge in [0.25, 0.3) is 5.69 Å². The van der Waals surface area contributed by atoms with Gasteiger partial charge in [-0.25, -0.2) is 0 Å². The number of ketones is 1. The van der Waals surface area contributed by atoms with Gasteiger partial charge in [0.05, 0.1) is 17.1 Å². The van der Waals surface area contributed by atoms with Gasteiger partial charge in [-0.3, -0.25) is 19.7 Å². The lowest BCUT2D eigenvalue weighted by Crippen LogP contribution is -2.45. The molecule has 0 unspecified atom stereocenters. The fraction of sp³-hybridized carbons (Fsp3) is 0.412. The molecule has 1 saturated carbocycles. The molecule has 0 bridgehead atoms. The van der Waals surface area contributed by atoms with Gasteiger partial charge in [0.2, 0.25) is 0 Å². The van der Waals surface area contributed by atoms with Crippen molar-refractivity contribution in [3.63, 3.8) is 0 Å². The van der Waals surface area contributed by atoms with E-state index in [0.717, 1.165) is 0 Å². The Bertz CT molecular complexity index is 761. The third kappa shape index (κ3) is 4.41. The molecule has 0 heterocycles. The maximum Gasteiger partial charge on any atom is 0.317 e. The number of nitro groups is 1. The summed E-state index contributed by atoms with van der Waals surface area (Å²) in [6, 6.07) is 5.41. The van der Waals surface area contributed by atoms with Gasteiger partial charge in [0, 0.05) is 24.5 Å². The minimum absolute atomic E-state index is 0.0632. The van der Waals surface area contributed by atoms with E-state index in [2.05, 4.69) is 0 Å². The van der Waals surface area contributed by atoms with E-state index in [9.17, 15) is 24.8 Å². The number of aliphatic hydroxyl groups is 1. The molecule has 1 aliphatic carbocycles. The average molecular weight is 402 g/mol. The Morgan fingerprint density at radius 1 is 1.50 bits per heavy atom. The summed E-state index contributed by atoms with van der Waals surface area (Å²) in [5.74, 6) is -3.19. The van der Waals surface area contributed by atoms with E-state index >= 15 is 0 Å². The molecule has 3 atom stereocenters. The van der Waals surface area contributed by atoms with Crippen molar-refractivity contribution in [2.24, 2.45) is 11.8 Å². The Morgan fingerprint density at radius 3 is 2.77 bits per heavy atom. The van der Waals surface area contributed by atoms with Gasteiger partial charge in [-0.2, -0.15) is 0 Å². The Labute approximate surface area is 159 Å². The van der Waals surface area contributed by atoms with Crippen molar-refractivity contribution in [2.75, 3.05) is 6.61 Å². The van der Waals surface area contributed by atoms with E-state index in [1.54, 1.807) is 6.92 Å². The first kappa shape index (κ1) is 20.4. The lowest BCUT2D eigenvalue weighted by Gasteiger charge is -2.38. The SMILES string of the molecule is CCOC(=O)[C@H]1C(=O)C[C@](O)(c2cccc([N+](=O)[O-])c2)C[C@@H]1C=C(Cl)Cl. The molecule has 1 aromatic rings. The van der Waals surface area contributed by atoms with Crippen molar-refractivity contribution in [1.29, 1.82) is 0 Å². The number of rotatable bonds is 5. The molecule has 0 saturated heterocycles. The Morgan fingerprint density at radius 2 is 2.19 bits per heavy atom. The Kier molecular flexibility index (Phi) is 6.39. The molecule has 0 aromatic heterocycles. The van der Waals surface area contributed by atoms with Crippen molar-refractivity contribution in [3.05, 3.63) is 50.5 Å². The fourth-order valence-corrected chi connectivity index (χ4v) is 3.52. The van der Waals surface area contributed by atoms with E-state index in [1.165, 1.54) is 30.3 Å². The predicted molar refractivity (Wildman–Crippen MR) is 94.6 cm³/mol. The molecule has 0 spiro atoms. The third-order valence-electron chi connectivity index (χ3n) is 4.29. The topological polar surface area (TPSA) is 107 Å². The monoisotopic (exact) mass is 401 g/mol. The van der Waals surface area contributed by atoms with Crippen molar-refractivity contribution >= 4 is 40.6 Å². The zero-order valence-corrected chi connectivity index (χ0v) is 15.4. The Balaban J connectivity index is 2.43. The molecular formula is C17H17Cl2NO6. The zero-order valence-electron chi connectivity index (χ0n) is 13.9. The van der Waals surface area contributed by atoms with Crippen LogP contribution in [0.2, 0.25) is 0 Å². The van der Waals surface area contributed by atoms with Gasteiger partial charge in [0.1, 0.15) is 10.4 Å². The predicted octanol–water partition coefficient (Wildman–Crippen LogP) is 3.26. The van der Waals surface area contributed by atoms with E-state index in [1.807, 2.05) is 0 Å². The molecule has 2 rings (SSSR count). The summed E-state index contributed by atoms with van der Waals surface area (Å²) in [6.07, 6.45) is 0.873. The van der Waals surface area contributed by atoms with Gasteiger partial charge in [-0.05, 0) is 25.0 Å². The van der Waals surface area contributed by atoms with Crippen LogP contribution in [-0.2, 0) is 19.9 Å². The van der Waals surface area contributed by atoms with Crippen molar-refractivity contribution in [2.45, 2.75) is 25.4 Å². The number of nitrogens with zero attached hydrogens (tertiary/aromatic N) is 1. The second kappa shape index (κ2) is 8.16. The molecule has 140 valence electrons. The molecule has 1 aliphatic rings. The molecule has 26 heavy (non-hydrogen) atoms. The highest BCUT2D eigenvalue weighted by Gasteiger charge is 2.48. The molecule has 9 heteroatoms. The molecule has 7 nitrogen and oxygen atoms in total. The number of nitro benzene ring substituents is 1. The van der Waals surface area contributed by atoms with Crippen LogP contribution in [0.5, 0.6) is 0 Å². The van der Waals surface area contributed by atoms with Crippen LogP contribution in [0.1, 0.15) is 25.3 Å². The van der Waals surface area contributed by atoms with Crippen molar-refractivity contribution in [3.8, 4) is 0 Å². The smallest absolute Gasteiger partial charge is 0.317 e. The molecule has 0 aliphatic heterocycles. The molecular weight excluding hydrogens is 385 g/mol. The molecule has 0 radical (unpaired) electrons. The maximum absolute atomic E-state index is 12.6. The number of esters is 1. The third-order valence-corrected chi connectivity index (χ3v) is 4.54. The van der Waals surface area contributed by atoms with E-state index in [-0.39, 0.29) is 35.2 Å². The van der Waals surface area contributed by atoms with Crippen LogP contribution < -0.4 is 0 Å². The van der Waals surface area contributed by atoms with E-state index < -0.39 is 34.1 Å². The summed E-state index contributed by atoms with van der Waals surface area (Å²) in [6.45, 7) is 1.72. The van der Waals surface area contributed by atoms with E-state index in [4.69, 9.17) is 27.9 Å². The quantitative estimate of drug-likeness (QED) is 0.351. The van der Waals surface area contributed by atoms with Gasteiger partial charge in [0.15, 0.2) is 5.78 Å². The largest absolute Gasteiger partial charge is 0.465 e. The minimum atomic E-state index is -1.68. The van der Waals surface area contributed by atoms with Crippen LogP contribution in [0.3, 0.4) is 0 Å². The molecule has 1 aromatic carbocycles. The van der Waals surface area contributed by atoms with Crippen LogP contribution in [0.25, 0.3) is 0 Å². The van der Waals surface area contributed by atoms with Crippen LogP contribution in [0.4, 0.5) is 5.69 Å². The number of allylic oxidation sites excluding steroid dienone is 1. The highest BCUT2D eigenvalue weighted by Crippen LogP contribution is 2.43. The number of hydrogen-bond acceptors (Lipinski definition) is 6. The summed E-state index contributed by atoms with van der Waals surface area (Å²) < 4.78 is 4.79. The number of halogens is 2. The normalized spacial score (nSPS) is 25.5. The molecule has 0 amide bonds. The van der Waals surface area contributed by atoms with Gasteiger partial charge >= 0.3 is 5.97 Å². The first-order valence-corrected chi connectivity index (χ1v) is 8.63. The van der Waals surface area contributed by atoms with Gasteiger partial charge in [-0.15, -0.1) is 0 Å². The van der Waals surface area contributed by atoms with Gasteiger partial charge in [-0.1, -0.05) is 35.3 Å². The number of carbonyl (C=O) groups excluding carboxylic acids is 2. The standard InChI is InChI=1S/C17H17Cl2NO6/c1-2-26-16(22)15-10(6-14(18)19)8-17(23,9-13(15)21)11-4-3-5-12(7-11)20(24)25/h3-7,10,15,23H,2,8-9H2,1H3/t10-,15+,17-/m0/s1. The second-order valence-corrected chi connectivity index (χ2v) is 7.04. The molecule has 1 N–H and O–H groups in total. The fourth-order valence-electron chi connectivity index (χ4n) is 3.20. The maximum atomic E-state index is 12.6. The summed E-state index contributed by atoms with van der Waals surface area (Å²) in [4.78, 5) is 35.1. The van der Waals surface area contributed by atoms with E-state index in [0.29, 0.717) is 0 Å². The van der Waals surface area contributed by atoms with Crippen LogP contribution in [0.15, 0.2) is 34.8 Å². The van der Waals surface area contributed by atoms with Crippen molar-refractivity contribution < 1.29 is 24.4 Å².